The van der Waals surface area contributed by atoms with Gasteiger partial charge in [0.05, 0.1) is 25.9 Å². The van der Waals surface area contributed by atoms with Crippen molar-refractivity contribution < 1.29 is 19.1 Å². The van der Waals surface area contributed by atoms with E-state index in [-0.39, 0.29) is 24.3 Å². The van der Waals surface area contributed by atoms with E-state index in [0.717, 1.165) is 11.1 Å². The van der Waals surface area contributed by atoms with Crippen molar-refractivity contribution in [3.05, 3.63) is 82.9 Å². The Morgan fingerprint density at radius 2 is 1.93 bits per heavy atom. The van der Waals surface area contributed by atoms with Crippen molar-refractivity contribution in [2.45, 2.75) is 51.9 Å². The smallest absolute Gasteiger partial charge is 0.254 e. The van der Waals surface area contributed by atoms with Crippen LogP contribution in [0.15, 0.2) is 55.0 Å². The molecule has 0 aliphatic carbocycles. The average Bonchev–Trinajstić information content (AvgIpc) is 3.75. The second kappa shape index (κ2) is 16.0. The number of aromatic nitrogens is 7. The first-order valence-electron chi connectivity index (χ1n) is 15.2. The number of hydrogen-bond donors (Lipinski definition) is 2. The number of nitrogens with zero attached hydrogens (tertiary/aromatic N) is 8. The Kier molecular flexibility index (Phi) is 11.3. The second-order valence-electron chi connectivity index (χ2n) is 11.0. The fourth-order valence-electron chi connectivity index (χ4n) is 5.04. The van der Waals surface area contributed by atoms with Crippen molar-refractivity contribution in [3.63, 3.8) is 0 Å². The molecule has 0 spiro atoms. The van der Waals surface area contributed by atoms with E-state index < -0.39 is 6.04 Å². The molecule has 242 valence electrons. The lowest BCUT2D eigenvalue weighted by Gasteiger charge is -2.23. The van der Waals surface area contributed by atoms with Gasteiger partial charge in [0, 0.05) is 37.2 Å². The number of carbonyl (C=O) groups is 3. The maximum Gasteiger partial charge on any atom is 0.254 e. The standard InChI is InChI=1S/C31H38N10O4S/c1-22-5-10-26-17-27(22)29(42)34-28(11-16-46-2)30(43)32-12-3-13-39(19-25-20-40(37-35-25)14-4-15-45-26)31(44)24-8-6-23(7-9-24)18-41-21-33-36-38-41/h5-10,17,20-21,28H,3-4,11-16,18-19H2,1-2H3,(H,32,43)(H,34,42)/t28-/m0/s1. The topological polar surface area (TPSA) is 162 Å². The summed E-state index contributed by atoms with van der Waals surface area (Å²) in [5.74, 6) is 0.535. The van der Waals surface area contributed by atoms with Gasteiger partial charge >= 0.3 is 0 Å². The first kappa shape index (κ1) is 32.6. The predicted octanol–water partition coefficient (Wildman–Crippen LogP) is 2.10. The third-order valence-electron chi connectivity index (χ3n) is 7.55. The van der Waals surface area contributed by atoms with Gasteiger partial charge in [0.1, 0.15) is 23.8 Å². The molecule has 0 radical (unpaired) electrons. The third kappa shape index (κ3) is 8.90. The highest BCUT2D eigenvalue weighted by Gasteiger charge is 2.23. The summed E-state index contributed by atoms with van der Waals surface area (Å²) in [6.45, 7) is 4.29. The normalized spacial score (nSPS) is 16.7. The number of benzene rings is 2. The summed E-state index contributed by atoms with van der Waals surface area (Å²) >= 11 is 1.61. The Balaban J connectivity index is 1.32. The van der Waals surface area contributed by atoms with Crippen LogP contribution in [0, 0.1) is 6.92 Å². The molecule has 2 N–H and O–H groups in total. The van der Waals surface area contributed by atoms with Crippen LogP contribution in [0.25, 0.3) is 0 Å². The molecule has 5 rings (SSSR count). The molecule has 15 heteroatoms. The van der Waals surface area contributed by atoms with Gasteiger partial charge < -0.3 is 20.3 Å². The maximum absolute atomic E-state index is 13.7. The molecule has 0 saturated carbocycles. The van der Waals surface area contributed by atoms with Gasteiger partial charge in [-0.15, -0.1) is 10.2 Å². The molecule has 46 heavy (non-hydrogen) atoms. The third-order valence-corrected chi connectivity index (χ3v) is 8.20. The van der Waals surface area contributed by atoms with Crippen LogP contribution in [0.4, 0.5) is 0 Å². The number of ether oxygens (including phenoxy) is 1. The summed E-state index contributed by atoms with van der Waals surface area (Å²) < 4.78 is 9.28. The van der Waals surface area contributed by atoms with Gasteiger partial charge in [-0.25, -0.2) is 4.68 Å². The van der Waals surface area contributed by atoms with E-state index in [0.29, 0.717) is 80.4 Å². The highest BCUT2D eigenvalue weighted by Crippen LogP contribution is 2.19. The lowest BCUT2D eigenvalue weighted by atomic mass is 10.1. The van der Waals surface area contributed by atoms with Crippen molar-refractivity contribution in [2.24, 2.45) is 0 Å². The van der Waals surface area contributed by atoms with Crippen molar-refractivity contribution in [1.29, 1.82) is 0 Å². The minimum Gasteiger partial charge on any atom is -0.494 e. The van der Waals surface area contributed by atoms with Crippen molar-refractivity contribution >= 4 is 29.5 Å². The van der Waals surface area contributed by atoms with Gasteiger partial charge in [-0.3, -0.25) is 19.1 Å². The molecule has 2 aromatic heterocycles. The zero-order valence-corrected chi connectivity index (χ0v) is 26.8. The molecule has 0 fully saturated rings. The van der Waals surface area contributed by atoms with E-state index in [9.17, 15) is 14.4 Å². The second-order valence-corrected chi connectivity index (χ2v) is 12.0. The van der Waals surface area contributed by atoms with E-state index in [1.54, 1.807) is 44.2 Å². The SMILES string of the molecule is CSCC[C@@H]1NC(=O)c2cc(ccc2C)OCCCn2cc(nn2)CN(C(=O)c2ccc(Cn3cnnn3)cc2)CCCNC1=O. The molecule has 1 aliphatic heterocycles. The van der Waals surface area contributed by atoms with E-state index in [1.807, 2.05) is 43.6 Å². The average molecular weight is 647 g/mol. The van der Waals surface area contributed by atoms with Crippen LogP contribution in [0.3, 0.4) is 0 Å². The van der Waals surface area contributed by atoms with Gasteiger partial charge in [-0.05, 0) is 77.6 Å². The van der Waals surface area contributed by atoms with Gasteiger partial charge in [-0.2, -0.15) is 11.8 Å². The lowest BCUT2D eigenvalue weighted by molar-refractivity contribution is -0.123. The van der Waals surface area contributed by atoms with E-state index in [2.05, 4.69) is 36.5 Å². The highest BCUT2D eigenvalue weighted by molar-refractivity contribution is 7.98. The molecule has 0 unspecified atom stereocenters. The van der Waals surface area contributed by atoms with Gasteiger partial charge in [0.2, 0.25) is 5.91 Å². The zero-order chi connectivity index (χ0) is 32.3. The number of carbonyl (C=O) groups excluding carboxylic acids is 3. The molecule has 4 aromatic rings. The molecule has 1 aliphatic rings. The fraction of sp³-hybridized carbons (Fsp3) is 0.419. The summed E-state index contributed by atoms with van der Waals surface area (Å²) in [6.07, 6.45) is 6.98. The fourth-order valence-corrected chi connectivity index (χ4v) is 5.51. The number of nitrogens with one attached hydrogen (secondary N) is 2. The minimum absolute atomic E-state index is 0.160. The zero-order valence-electron chi connectivity index (χ0n) is 26.0. The first-order valence-corrected chi connectivity index (χ1v) is 16.6. The van der Waals surface area contributed by atoms with Crippen molar-refractivity contribution in [1.82, 2.24) is 50.7 Å². The molecule has 14 nitrogen and oxygen atoms in total. The summed E-state index contributed by atoms with van der Waals surface area (Å²) in [5, 5.41) is 25.6. The molecule has 3 heterocycles. The molecule has 1 atom stereocenters. The number of tetrazole rings is 1. The molecule has 0 saturated heterocycles. The quantitative estimate of drug-likeness (QED) is 0.317. The van der Waals surface area contributed by atoms with Crippen LogP contribution in [0.2, 0.25) is 0 Å². The summed E-state index contributed by atoms with van der Waals surface area (Å²) in [4.78, 5) is 41.9. The molecule has 4 bridgehead atoms. The van der Waals surface area contributed by atoms with Crippen molar-refractivity contribution in [2.75, 3.05) is 31.7 Å². The minimum atomic E-state index is -0.700. The van der Waals surface area contributed by atoms with Crippen LogP contribution in [-0.4, -0.2) is 95.6 Å². The number of rotatable bonds is 6. The van der Waals surface area contributed by atoms with E-state index in [4.69, 9.17) is 4.74 Å². The van der Waals surface area contributed by atoms with Gasteiger partial charge in [-0.1, -0.05) is 23.4 Å². The Labute approximate surface area is 271 Å². The highest BCUT2D eigenvalue weighted by atomic mass is 32.2. The van der Waals surface area contributed by atoms with Gasteiger partial charge in [0.25, 0.3) is 11.8 Å². The Morgan fingerprint density at radius 1 is 1.09 bits per heavy atom. The lowest BCUT2D eigenvalue weighted by Crippen LogP contribution is -2.47. The van der Waals surface area contributed by atoms with E-state index in [1.165, 1.54) is 6.33 Å². The monoisotopic (exact) mass is 646 g/mol. The van der Waals surface area contributed by atoms with Crippen LogP contribution >= 0.6 is 11.8 Å². The number of amides is 3. The van der Waals surface area contributed by atoms with Gasteiger partial charge in [0.15, 0.2) is 0 Å². The summed E-state index contributed by atoms with van der Waals surface area (Å²) in [5.41, 5.74) is 3.40. The van der Waals surface area contributed by atoms with Crippen LogP contribution in [0.1, 0.15) is 56.8 Å². The largest absolute Gasteiger partial charge is 0.494 e. The Morgan fingerprint density at radius 3 is 2.72 bits per heavy atom. The summed E-state index contributed by atoms with van der Waals surface area (Å²) in [6, 6.07) is 12.0. The van der Waals surface area contributed by atoms with Crippen LogP contribution < -0.4 is 15.4 Å². The predicted molar refractivity (Wildman–Crippen MR) is 171 cm³/mol. The number of thioether (sulfide) groups is 1. The molecule has 2 aromatic carbocycles. The Bertz CT molecular complexity index is 1610. The van der Waals surface area contributed by atoms with Crippen LogP contribution in [0.5, 0.6) is 5.75 Å². The summed E-state index contributed by atoms with van der Waals surface area (Å²) in [7, 11) is 0. The Hall–Kier alpha value is -4.79. The van der Waals surface area contributed by atoms with E-state index >= 15 is 0 Å². The first-order chi connectivity index (χ1) is 22.4. The number of aryl methyl sites for hydroxylation is 2. The maximum atomic E-state index is 13.7. The number of fused-ring (bicyclic) bond motifs is 4. The van der Waals surface area contributed by atoms with Crippen molar-refractivity contribution in [3.8, 4) is 5.75 Å². The number of hydrogen-bond acceptors (Lipinski definition) is 10. The molecular formula is C31H38N10O4S. The molecule has 3 amide bonds. The van der Waals surface area contributed by atoms with Crippen LogP contribution in [-0.2, 0) is 24.4 Å². The molecular weight excluding hydrogens is 608 g/mol.